The van der Waals surface area contributed by atoms with Gasteiger partial charge in [0.25, 0.3) is 0 Å². The standard InChI is InChI=1S/C13H10Br2N6O2/c1-2-23-13(22)7-3-9(14)11(10(15)4-7)17-6-8(5-16)12-18-20-21-19-12/h3-4,6,17H,2H2,1H3,(H,18,19,20,21). The summed E-state index contributed by atoms with van der Waals surface area (Å²) in [6.07, 6.45) is 1.44. The van der Waals surface area contributed by atoms with Crippen molar-refractivity contribution in [1.29, 1.82) is 5.26 Å². The molecular weight excluding hydrogens is 432 g/mol. The first kappa shape index (κ1) is 17.1. The third kappa shape index (κ3) is 4.14. The average Bonchev–Trinajstić information content (AvgIpc) is 3.04. The number of hydrogen-bond donors (Lipinski definition) is 2. The van der Waals surface area contributed by atoms with Crippen molar-refractivity contribution in [1.82, 2.24) is 20.6 Å². The molecule has 0 saturated heterocycles. The van der Waals surface area contributed by atoms with Gasteiger partial charge < -0.3 is 10.1 Å². The smallest absolute Gasteiger partial charge is 0.338 e. The molecular formula is C13H10Br2N6O2. The number of rotatable bonds is 5. The Bertz CT molecular complexity index is 759. The van der Waals surface area contributed by atoms with E-state index in [1.54, 1.807) is 19.1 Å². The number of anilines is 1. The van der Waals surface area contributed by atoms with E-state index in [1.165, 1.54) is 6.20 Å². The van der Waals surface area contributed by atoms with Gasteiger partial charge in [0.2, 0.25) is 5.82 Å². The predicted molar refractivity (Wildman–Crippen MR) is 89.2 cm³/mol. The number of nitriles is 1. The fourth-order valence-electron chi connectivity index (χ4n) is 1.61. The normalized spacial score (nSPS) is 11.0. The number of aromatic amines is 1. The van der Waals surface area contributed by atoms with Gasteiger partial charge in [0.1, 0.15) is 11.6 Å². The molecule has 1 aromatic carbocycles. The number of carbonyl (C=O) groups excluding carboxylic acids is 1. The molecule has 0 bridgehead atoms. The van der Waals surface area contributed by atoms with E-state index >= 15 is 0 Å². The molecule has 2 aromatic rings. The molecule has 2 rings (SSSR count). The Morgan fingerprint density at radius 1 is 1.48 bits per heavy atom. The van der Waals surface area contributed by atoms with Gasteiger partial charge in [0.05, 0.1) is 17.9 Å². The molecule has 0 atom stereocenters. The van der Waals surface area contributed by atoms with Crippen LogP contribution in [0.2, 0.25) is 0 Å². The number of H-pyrrole nitrogens is 1. The maximum absolute atomic E-state index is 11.8. The Hall–Kier alpha value is -2.25. The second kappa shape index (κ2) is 7.85. The van der Waals surface area contributed by atoms with Gasteiger partial charge in [-0.2, -0.15) is 10.5 Å². The summed E-state index contributed by atoms with van der Waals surface area (Å²) in [4.78, 5) is 11.8. The second-order valence-corrected chi connectivity index (χ2v) is 5.79. The van der Waals surface area contributed by atoms with Crippen LogP contribution < -0.4 is 5.32 Å². The molecule has 8 nitrogen and oxygen atoms in total. The molecule has 0 radical (unpaired) electrons. The van der Waals surface area contributed by atoms with E-state index in [0.29, 0.717) is 26.8 Å². The minimum Gasteiger partial charge on any atom is -0.462 e. The fraction of sp³-hybridized carbons (Fsp3) is 0.154. The molecule has 0 saturated carbocycles. The number of ether oxygens (including phenoxy) is 1. The van der Waals surface area contributed by atoms with Crippen molar-refractivity contribution in [2.75, 3.05) is 11.9 Å². The van der Waals surface area contributed by atoms with E-state index < -0.39 is 5.97 Å². The van der Waals surface area contributed by atoms with E-state index in [2.05, 4.69) is 57.8 Å². The number of tetrazole rings is 1. The van der Waals surface area contributed by atoms with Crippen molar-refractivity contribution in [2.24, 2.45) is 0 Å². The molecule has 10 heteroatoms. The van der Waals surface area contributed by atoms with Crippen LogP contribution in [0, 0.1) is 11.3 Å². The van der Waals surface area contributed by atoms with Gasteiger partial charge in [-0.1, -0.05) is 0 Å². The first-order valence-corrected chi connectivity index (χ1v) is 7.92. The van der Waals surface area contributed by atoms with Crippen molar-refractivity contribution in [3.63, 3.8) is 0 Å². The summed E-state index contributed by atoms with van der Waals surface area (Å²) in [7, 11) is 0. The summed E-state index contributed by atoms with van der Waals surface area (Å²) < 4.78 is 6.20. The van der Waals surface area contributed by atoms with Crippen LogP contribution in [0.1, 0.15) is 23.1 Å². The Balaban J connectivity index is 2.27. The molecule has 0 fully saturated rings. The van der Waals surface area contributed by atoms with Gasteiger partial charge >= 0.3 is 5.97 Å². The lowest BCUT2D eigenvalue weighted by Crippen LogP contribution is -2.05. The number of nitrogens with zero attached hydrogens (tertiary/aromatic N) is 4. The number of halogens is 2. The monoisotopic (exact) mass is 440 g/mol. The minimum absolute atomic E-state index is 0.176. The first-order valence-electron chi connectivity index (χ1n) is 6.33. The third-order valence-electron chi connectivity index (χ3n) is 2.62. The Morgan fingerprint density at radius 3 is 2.70 bits per heavy atom. The second-order valence-electron chi connectivity index (χ2n) is 4.08. The van der Waals surface area contributed by atoms with Gasteiger partial charge in [-0.05, 0) is 56.1 Å². The highest BCUT2D eigenvalue weighted by molar-refractivity contribution is 9.11. The van der Waals surface area contributed by atoms with Crippen LogP contribution in [0.5, 0.6) is 0 Å². The summed E-state index contributed by atoms with van der Waals surface area (Å²) in [6.45, 7) is 2.04. The van der Waals surface area contributed by atoms with Crippen molar-refractivity contribution < 1.29 is 9.53 Å². The molecule has 0 aliphatic carbocycles. The first-order chi connectivity index (χ1) is 11.1. The van der Waals surface area contributed by atoms with Crippen molar-refractivity contribution in [3.8, 4) is 6.07 Å². The van der Waals surface area contributed by atoms with Crippen LogP contribution in [-0.2, 0) is 4.74 Å². The van der Waals surface area contributed by atoms with Crippen LogP contribution in [0.25, 0.3) is 5.57 Å². The van der Waals surface area contributed by atoms with Gasteiger partial charge in [-0.3, -0.25) is 0 Å². The largest absolute Gasteiger partial charge is 0.462 e. The van der Waals surface area contributed by atoms with Crippen molar-refractivity contribution in [3.05, 3.63) is 38.7 Å². The number of esters is 1. The topological polar surface area (TPSA) is 117 Å². The van der Waals surface area contributed by atoms with E-state index in [0.717, 1.165) is 0 Å². The van der Waals surface area contributed by atoms with Crippen molar-refractivity contribution >= 4 is 49.1 Å². The van der Waals surface area contributed by atoms with Crippen LogP contribution in [-0.4, -0.2) is 33.2 Å². The SMILES string of the molecule is CCOC(=O)c1cc(Br)c(NC=C(C#N)c2nn[nH]n2)c(Br)c1. The quantitative estimate of drug-likeness (QED) is 0.541. The van der Waals surface area contributed by atoms with E-state index in [9.17, 15) is 4.79 Å². The molecule has 0 spiro atoms. The molecule has 0 aliphatic rings. The number of aromatic nitrogens is 4. The Kier molecular flexibility index (Phi) is 5.84. The summed E-state index contributed by atoms with van der Waals surface area (Å²) >= 11 is 6.75. The van der Waals surface area contributed by atoms with E-state index in [-0.39, 0.29) is 11.4 Å². The van der Waals surface area contributed by atoms with Gasteiger partial charge in [0.15, 0.2) is 0 Å². The van der Waals surface area contributed by atoms with E-state index in [1.807, 2.05) is 6.07 Å². The summed E-state index contributed by atoms with van der Waals surface area (Å²) in [6, 6.07) is 5.22. The highest BCUT2D eigenvalue weighted by atomic mass is 79.9. The van der Waals surface area contributed by atoms with Gasteiger partial charge in [-0.15, -0.1) is 10.2 Å². The zero-order valence-electron chi connectivity index (χ0n) is 11.8. The zero-order chi connectivity index (χ0) is 16.8. The van der Waals surface area contributed by atoms with Crippen LogP contribution in [0.3, 0.4) is 0 Å². The number of carbonyl (C=O) groups is 1. The van der Waals surface area contributed by atoms with Crippen LogP contribution in [0.4, 0.5) is 5.69 Å². The molecule has 1 aromatic heterocycles. The van der Waals surface area contributed by atoms with Gasteiger partial charge in [0, 0.05) is 15.1 Å². The zero-order valence-corrected chi connectivity index (χ0v) is 15.0. The van der Waals surface area contributed by atoms with Crippen molar-refractivity contribution in [2.45, 2.75) is 6.92 Å². The maximum atomic E-state index is 11.8. The minimum atomic E-state index is -0.416. The fourth-order valence-corrected chi connectivity index (χ4v) is 3.03. The predicted octanol–water partition coefficient (Wildman–Crippen LogP) is 2.88. The summed E-state index contributed by atoms with van der Waals surface area (Å²) in [5.74, 6) is -0.240. The number of hydrogen-bond acceptors (Lipinski definition) is 7. The summed E-state index contributed by atoms with van der Waals surface area (Å²) in [5, 5.41) is 25.3. The lowest BCUT2D eigenvalue weighted by Gasteiger charge is -2.10. The average molecular weight is 442 g/mol. The molecule has 1 heterocycles. The molecule has 23 heavy (non-hydrogen) atoms. The highest BCUT2D eigenvalue weighted by Crippen LogP contribution is 2.33. The maximum Gasteiger partial charge on any atom is 0.338 e. The Labute approximate surface area is 148 Å². The molecule has 0 amide bonds. The molecule has 2 N–H and O–H groups in total. The van der Waals surface area contributed by atoms with Gasteiger partial charge in [-0.25, -0.2) is 4.79 Å². The summed E-state index contributed by atoms with van der Waals surface area (Å²) in [5.41, 5.74) is 1.24. The lowest BCUT2D eigenvalue weighted by atomic mass is 10.2. The third-order valence-corrected chi connectivity index (χ3v) is 3.87. The number of allylic oxidation sites excluding steroid dienone is 1. The number of nitrogens with one attached hydrogen (secondary N) is 2. The van der Waals surface area contributed by atoms with Crippen LogP contribution in [0.15, 0.2) is 27.3 Å². The Morgan fingerprint density at radius 2 is 2.17 bits per heavy atom. The highest BCUT2D eigenvalue weighted by Gasteiger charge is 2.13. The molecule has 0 aliphatic heterocycles. The lowest BCUT2D eigenvalue weighted by molar-refractivity contribution is 0.0526. The molecule has 0 unspecified atom stereocenters. The van der Waals surface area contributed by atoms with E-state index in [4.69, 9.17) is 10.00 Å². The van der Waals surface area contributed by atoms with Crippen LogP contribution >= 0.6 is 31.9 Å². The number of benzene rings is 1. The molecule has 118 valence electrons.